The molecule has 1 saturated carbocycles. The lowest BCUT2D eigenvalue weighted by atomic mass is 9.70. The molecule has 0 radical (unpaired) electrons. The van der Waals surface area contributed by atoms with Crippen LogP contribution in [-0.4, -0.2) is 13.7 Å². The van der Waals surface area contributed by atoms with Gasteiger partial charge in [0.2, 0.25) is 0 Å². The highest BCUT2D eigenvalue weighted by atomic mass is 19.1. The number of nitrogens with one attached hydrogen (secondary N) is 1. The van der Waals surface area contributed by atoms with Crippen molar-refractivity contribution in [3.05, 3.63) is 29.6 Å². The van der Waals surface area contributed by atoms with Crippen molar-refractivity contribution in [3.63, 3.8) is 0 Å². The van der Waals surface area contributed by atoms with Gasteiger partial charge in [0, 0.05) is 11.6 Å². The third-order valence-electron chi connectivity index (χ3n) is 4.81. The van der Waals surface area contributed by atoms with Crippen molar-refractivity contribution in [3.8, 4) is 5.75 Å². The number of hydrogen-bond donors (Lipinski definition) is 1. The minimum Gasteiger partial charge on any atom is -0.496 e. The molecule has 3 heteroatoms. The Hall–Kier alpha value is -1.09. The first-order chi connectivity index (χ1) is 9.96. The van der Waals surface area contributed by atoms with E-state index in [0.29, 0.717) is 11.3 Å². The van der Waals surface area contributed by atoms with Crippen molar-refractivity contribution in [1.29, 1.82) is 0 Å². The van der Waals surface area contributed by atoms with Crippen LogP contribution in [0.25, 0.3) is 0 Å². The maximum Gasteiger partial charge on any atom is 0.123 e. The molecule has 1 unspecified atom stereocenters. The molecule has 1 aliphatic rings. The highest BCUT2D eigenvalue weighted by Crippen LogP contribution is 2.44. The van der Waals surface area contributed by atoms with E-state index in [0.717, 1.165) is 17.9 Å². The maximum absolute atomic E-state index is 13.7. The van der Waals surface area contributed by atoms with Crippen molar-refractivity contribution in [2.75, 3.05) is 13.7 Å². The van der Waals surface area contributed by atoms with Crippen LogP contribution in [0.1, 0.15) is 58.1 Å². The quantitative estimate of drug-likeness (QED) is 0.849. The SMILES string of the molecule is CCNC(c1cc(F)ccc1OC)C1CCC(C)(C)CC1. The van der Waals surface area contributed by atoms with Gasteiger partial charge in [0.15, 0.2) is 0 Å². The zero-order valence-corrected chi connectivity index (χ0v) is 13.7. The van der Waals surface area contributed by atoms with Crippen LogP contribution in [0.15, 0.2) is 18.2 Å². The molecule has 0 aromatic heterocycles. The minimum atomic E-state index is -0.190. The van der Waals surface area contributed by atoms with Crippen LogP contribution < -0.4 is 10.1 Å². The van der Waals surface area contributed by atoms with Gasteiger partial charge in [0.25, 0.3) is 0 Å². The van der Waals surface area contributed by atoms with Gasteiger partial charge in [-0.05, 0) is 61.8 Å². The molecule has 2 rings (SSSR count). The first kappa shape index (κ1) is 16.3. The number of rotatable bonds is 5. The Kier molecular flexibility index (Phi) is 5.26. The van der Waals surface area contributed by atoms with Crippen LogP contribution in [0, 0.1) is 17.2 Å². The lowest BCUT2D eigenvalue weighted by molar-refractivity contribution is 0.160. The van der Waals surface area contributed by atoms with Crippen LogP contribution in [0.4, 0.5) is 4.39 Å². The molecule has 1 aliphatic carbocycles. The number of hydrogen-bond acceptors (Lipinski definition) is 2. The molecule has 0 amide bonds. The summed E-state index contributed by atoms with van der Waals surface area (Å²) in [6, 6.07) is 5.01. The fraction of sp³-hybridized carbons (Fsp3) is 0.667. The molecule has 0 heterocycles. The molecule has 21 heavy (non-hydrogen) atoms. The lowest BCUT2D eigenvalue weighted by Crippen LogP contribution is -2.33. The molecular weight excluding hydrogens is 265 g/mol. The fourth-order valence-corrected chi connectivity index (χ4v) is 3.45. The molecule has 118 valence electrons. The van der Waals surface area contributed by atoms with Crippen molar-refractivity contribution < 1.29 is 9.13 Å². The van der Waals surface area contributed by atoms with Crippen molar-refractivity contribution >= 4 is 0 Å². The Bertz CT molecular complexity index is 462. The molecule has 0 bridgehead atoms. The molecule has 1 N–H and O–H groups in total. The van der Waals surface area contributed by atoms with Gasteiger partial charge in [0.05, 0.1) is 7.11 Å². The highest BCUT2D eigenvalue weighted by Gasteiger charge is 2.33. The summed E-state index contributed by atoms with van der Waals surface area (Å²) < 4.78 is 19.1. The van der Waals surface area contributed by atoms with Gasteiger partial charge < -0.3 is 10.1 Å². The first-order valence-electron chi connectivity index (χ1n) is 8.03. The Morgan fingerprint density at radius 3 is 2.57 bits per heavy atom. The van der Waals surface area contributed by atoms with E-state index in [4.69, 9.17) is 4.74 Å². The van der Waals surface area contributed by atoms with Gasteiger partial charge in [-0.1, -0.05) is 20.8 Å². The van der Waals surface area contributed by atoms with E-state index >= 15 is 0 Å². The van der Waals surface area contributed by atoms with E-state index in [1.165, 1.54) is 31.7 Å². The van der Waals surface area contributed by atoms with Crippen LogP contribution in [0.5, 0.6) is 5.75 Å². The van der Waals surface area contributed by atoms with E-state index in [2.05, 4.69) is 26.1 Å². The van der Waals surface area contributed by atoms with Crippen LogP contribution >= 0.6 is 0 Å². The second kappa shape index (κ2) is 6.78. The van der Waals surface area contributed by atoms with E-state index in [9.17, 15) is 4.39 Å². The number of methoxy groups -OCH3 is 1. The standard InChI is InChI=1S/C18H28FNO/c1-5-20-17(13-8-10-18(2,3)11-9-13)15-12-14(19)6-7-16(15)21-4/h6-7,12-13,17,20H,5,8-11H2,1-4H3. The van der Waals surface area contributed by atoms with Crippen molar-refractivity contribution in [2.24, 2.45) is 11.3 Å². The van der Waals surface area contributed by atoms with Crippen molar-refractivity contribution in [1.82, 2.24) is 5.32 Å². The van der Waals surface area contributed by atoms with Gasteiger partial charge in [-0.25, -0.2) is 4.39 Å². The summed E-state index contributed by atoms with van der Waals surface area (Å²) in [5.74, 6) is 1.14. The minimum absolute atomic E-state index is 0.178. The average Bonchev–Trinajstić information content (AvgIpc) is 2.45. The molecule has 1 fully saturated rings. The highest BCUT2D eigenvalue weighted by molar-refractivity contribution is 5.37. The zero-order chi connectivity index (χ0) is 15.5. The molecule has 1 aromatic rings. The largest absolute Gasteiger partial charge is 0.496 e. The molecular formula is C18H28FNO. The maximum atomic E-state index is 13.7. The van der Waals surface area contributed by atoms with Crippen LogP contribution in [0.3, 0.4) is 0 Å². The lowest BCUT2D eigenvalue weighted by Gasteiger charge is -2.38. The Labute approximate surface area is 128 Å². The summed E-state index contributed by atoms with van der Waals surface area (Å²) in [4.78, 5) is 0. The molecule has 0 saturated heterocycles. The van der Waals surface area contributed by atoms with Gasteiger partial charge in [-0.15, -0.1) is 0 Å². The first-order valence-corrected chi connectivity index (χ1v) is 8.03. The van der Waals surface area contributed by atoms with Crippen LogP contribution in [0.2, 0.25) is 0 Å². The van der Waals surface area contributed by atoms with Gasteiger partial charge in [0.1, 0.15) is 11.6 Å². The Morgan fingerprint density at radius 1 is 1.33 bits per heavy atom. The molecule has 1 aromatic carbocycles. The van der Waals surface area contributed by atoms with Crippen LogP contribution in [-0.2, 0) is 0 Å². The molecule has 1 atom stereocenters. The smallest absolute Gasteiger partial charge is 0.123 e. The Morgan fingerprint density at radius 2 is 2.00 bits per heavy atom. The second-order valence-corrected chi connectivity index (χ2v) is 6.92. The number of benzene rings is 1. The predicted octanol–water partition coefficient (Wildman–Crippen LogP) is 4.70. The molecule has 2 nitrogen and oxygen atoms in total. The zero-order valence-electron chi connectivity index (χ0n) is 13.7. The predicted molar refractivity (Wildman–Crippen MR) is 85.1 cm³/mol. The summed E-state index contributed by atoms with van der Waals surface area (Å²) in [5.41, 5.74) is 1.41. The van der Waals surface area contributed by atoms with E-state index in [1.54, 1.807) is 19.2 Å². The van der Waals surface area contributed by atoms with Crippen molar-refractivity contribution in [2.45, 2.75) is 52.5 Å². The summed E-state index contributed by atoms with van der Waals surface area (Å²) in [6.07, 6.45) is 4.84. The third kappa shape index (κ3) is 3.97. The number of ether oxygens (including phenoxy) is 1. The van der Waals surface area contributed by atoms with E-state index in [-0.39, 0.29) is 11.9 Å². The molecule has 0 spiro atoms. The topological polar surface area (TPSA) is 21.3 Å². The van der Waals surface area contributed by atoms with Gasteiger partial charge >= 0.3 is 0 Å². The monoisotopic (exact) mass is 293 g/mol. The molecule has 0 aliphatic heterocycles. The summed E-state index contributed by atoms with van der Waals surface area (Å²) in [7, 11) is 1.66. The summed E-state index contributed by atoms with van der Waals surface area (Å²) in [5, 5.41) is 3.55. The van der Waals surface area contributed by atoms with E-state index in [1.807, 2.05) is 0 Å². The van der Waals surface area contributed by atoms with Gasteiger partial charge in [-0.2, -0.15) is 0 Å². The fourth-order valence-electron chi connectivity index (χ4n) is 3.45. The Balaban J connectivity index is 2.25. The van der Waals surface area contributed by atoms with E-state index < -0.39 is 0 Å². The third-order valence-corrected chi connectivity index (χ3v) is 4.81. The van der Waals surface area contributed by atoms with Gasteiger partial charge in [-0.3, -0.25) is 0 Å². The normalized spacial score (nSPS) is 20.2. The second-order valence-electron chi connectivity index (χ2n) is 6.92. The average molecular weight is 293 g/mol. The summed E-state index contributed by atoms with van der Waals surface area (Å²) >= 11 is 0. The summed E-state index contributed by atoms with van der Waals surface area (Å²) in [6.45, 7) is 7.66. The number of halogens is 1.